The molecule has 1 atom stereocenters. The minimum Gasteiger partial charge on any atom is -0.354 e. The average molecular weight is 415 g/mol. The number of carbonyl (C=O) groups excluding carboxylic acids is 1. The third-order valence-corrected chi connectivity index (χ3v) is 5.79. The first-order valence-corrected chi connectivity index (χ1v) is 10.4. The number of rotatable bonds is 6. The van der Waals surface area contributed by atoms with E-state index >= 15 is 0 Å². The number of carbonyl (C=O) groups is 1. The van der Waals surface area contributed by atoms with Crippen LogP contribution in [-0.2, 0) is 11.3 Å². The number of hydrogen-bond donors (Lipinski definition) is 1. The van der Waals surface area contributed by atoms with Crippen molar-refractivity contribution in [2.24, 2.45) is 0 Å². The molecule has 0 saturated carbocycles. The van der Waals surface area contributed by atoms with E-state index in [-0.39, 0.29) is 23.9 Å². The van der Waals surface area contributed by atoms with Crippen LogP contribution in [0.4, 0.5) is 0 Å². The first kappa shape index (κ1) is 20.6. The molecule has 31 heavy (non-hydrogen) atoms. The summed E-state index contributed by atoms with van der Waals surface area (Å²) < 4.78 is 3.37. The monoisotopic (exact) mass is 414 g/mol. The fourth-order valence-electron chi connectivity index (χ4n) is 3.87. The van der Waals surface area contributed by atoms with Crippen LogP contribution in [0.1, 0.15) is 29.7 Å². The summed E-state index contributed by atoms with van der Waals surface area (Å²) >= 11 is 0. The predicted molar refractivity (Wildman–Crippen MR) is 123 cm³/mol. The van der Waals surface area contributed by atoms with Crippen LogP contribution in [0.2, 0.25) is 0 Å². The lowest BCUT2D eigenvalue weighted by Crippen LogP contribution is -2.34. The number of nitrogens with zero attached hydrogens (tertiary/aromatic N) is 3. The molecule has 2 aromatic heterocycles. The van der Waals surface area contributed by atoms with Crippen LogP contribution in [0.3, 0.4) is 0 Å². The third kappa shape index (κ3) is 4.01. The number of aryl methyl sites for hydroxylation is 1. The van der Waals surface area contributed by atoms with Crippen LogP contribution in [0.5, 0.6) is 0 Å². The SMILES string of the molecule is Cc1c(C)n(-c2ccccc2)c2ncn(CC(=O)NC[C@H](C)c3ccccc3)c(=O)c12. The summed E-state index contributed by atoms with van der Waals surface area (Å²) in [5.41, 5.74) is 4.37. The molecule has 2 aromatic carbocycles. The molecular formula is C25H26N4O2. The Morgan fingerprint density at radius 1 is 1.03 bits per heavy atom. The van der Waals surface area contributed by atoms with Crippen molar-refractivity contribution >= 4 is 16.9 Å². The highest BCUT2D eigenvalue weighted by Gasteiger charge is 2.18. The Balaban J connectivity index is 1.57. The van der Waals surface area contributed by atoms with E-state index in [9.17, 15) is 9.59 Å². The smallest absolute Gasteiger partial charge is 0.263 e. The van der Waals surface area contributed by atoms with Gasteiger partial charge in [0, 0.05) is 17.9 Å². The second-order valence-electron chi connectivity index (χ2n) is 7.87. The van der Waals surface area contributed by atoms with Gasteiger partial charge in [-0.1, -0.05) is 55.5 Å². The highest BCUT2D eigenvalue weighted by molar-refractivity contribution is 5.83. The minimum absolute atomic E-state index is 0.0573. The Labute approximate surface area is 181 Å². The first-order chi connectivity index (χ1) is 15.0. The van der Waals surface area contributed by atoms with Crippen molar-refractivity contribution in [1.82, 2.24) is 19.4 Å². The third-order valence-electron chi connectivity index (χ3n) is 5.79. The summed E-state index contributed by atoms with van der Waals surface area (Å²) in [4.78, 5) is 30.2. The highest BCUT2D eigenvalue weighted by atomic mass is 16.2. The van der Waals surface area contributed by atoms with E-state index in [0.29, 0.717) is 17.6 Å². The number of benzene rings is 2. The predicted octanol–water partition coefficient (Wildman–Crippen LogP) is 3.72. The van der Waals surface area contributed by atoms with Gasteiger partial charge in [-0.25, -0.2) is 4.98 Å². The molecule has 0 bridgehead atoms. The molecule has 0 saturated heterocycles. The molecule has 0 aliphatic heterocycles. The highest BCUT2D eigenvalue weighted by Crippen LogP contribution is 2.24. The summed E-state index contributed by atoms with van der Waals surface area (Å²) in [5.74, 6) is -0.0184. The van der Waals surface area contributed by atoms with E-state index in [1.54, 1.807) is 0 Å². The van der Waals surface area contributed by atoms with Crippen LogP contribution < -0.4 is 10.9 Å². The molecule has 158 valence electrons. The van der Waals surface area contributed by atoms with E-state index < -0.39 is 0 Å². The normalized spacial score (nSPS) is 12.1. The van der Waals surface area contributed by atoms with E-state index in [0.717, 1.165) is 22.5 Å². The van der Waals surface area contributed by atoms with Gasteiger partial charge in [0.15, 0.2) is 5.65 Å². The van der Waals surface area contributed by atoms with Gasteiger partial charge in [-0.2, -0.15) is 0 Å². The Morgan fingerprint density at radius 2 is 1.68 bits per heavy atom. The molecule has 1 amide bonds. The van der Waals surface area contributed by atoms with Crippen LogP contribution in [0.15, 0.2) is 71.8 Å². The first-order valence-electron chi connectivity index (χ1n) is 10.4. The molecule has 0 unspecified atom stereocenters. The lowest BCUT2D eigenvalue weighted by Gasteiger charge is -2.13. The molecule has 0 aliphatic carbocycles. The summed E-state index contributed by atoms with van der Waals surface area (Å²) in [6, 6.07) is 19.9. The second kappa shape index (κ2) is 8.60. The minimum atomic E-state index is -0.206. The number of aromatic nitrogens is 3. The molecular weight excluding hydrogens is 388 g/mol. The van der Waals surface area contributed by atoms with Crippen molar-refractivity contribution < 1.29 is 4.79 Å². The van der Waals surface area contributed by atoms with E-state index in [4.69, 9.17) is 0 Å². The number of nitrogens with one attached hydrogen (secondary N) is 1. The zero-order chi connectivity index (χ0) is 22.0. The molecule has 1 N–H and O–H groups in total. The maximum absolute atomic E-state index is 13.2. The van der Waals surface area contributed by atoms with Crippen molar-refractivity contribution in [2.45, 2.75) is 33.2 Å². The van der Waals surface area contributed by atoms with Gasteiger partial charge < -0.3 is 5.32 Å². The lowest BCUT2D eigenvalue weighted by molar-refractivity contribution is -0.121. The van der Waals surface area contributed by atoms with Crippen LogP contribution in [-0.4, -0.2) is 26.6 Å². The fraction of sp³-hybridized carbons (Fsp3) is 0.240. The van der Waals surface area contributed by atoms with Crippen LogP contribution >= 0.6 is 0 Å². The number of hydrogen-bond acceptors (Lipinski definition) is 3. The van der Waals surface area contributed by atoms with E-state index in [1.807, 2.05) is 79.1 Å². The largest absolute Gasteiger partial charge is 0.354 e. The Kier molecular flexibility index (Phi) is 5.71. The van der Waals surface area contributed by atoms with Gasteiger partial charge in [0.2, 0.25) is 5.91 Å². The van der Waals surface area contributed by atoms with Gasteiger partial charge in [0.25, 0.3) is 5.56 Å². The maximum Gasteiger partial charge on any atom is 0.263 e. The summed E-state index contributed by atoms with van der Waals surface area (Å²) in [6.07, 6.45) is 1.46. The molecule has 4 aromatic rings. The molecule has 4 rings (SSSR count). The van der Waals surface area contributed by atoms with Crippen molar-refractivity contribution in [3.05, 3.63) is 94.2 Å². The Bertz CT molecular complexity index is 1270. The van der Waals surface area contributed by atoms with Crippen molar-refractivity contribution in [3.63, 3.8) is 0 Å². The quantitative estimate of drug-likeness (QED) is 0.523. The second-order valence-corrected chi connectivity index (χ2v) is 7.87. The van der Waals surface area contributed by atoms with Gasteiger partial charge in [0.1, 0.15) is 12.9 Å². The van der Waals surface area contributed by atoms with Crippen molar-refractivity contribution in [2.75, 3.05) is 6.54 Å². The van der Waals surface area contributed by atoms with Gasteiger partial charge >= 0.3 is 0 Å². The van der Waals surface area contributed by atoms with Gasteiger partial charge in [-0.15, -0.1) is 0 Å². The molecule has 0 fully saturated rings. The number of amides is 1. The molecule has 6 heteroatoms. The zero-order valence-electron chi connectivity index (χ0n) is 18.0. The average Bonchev–Trinajstić information content (AvgIpc) is 3.05. The maximum atomic E-state index is 13.2. The summed E-state index contributed by atoms with van der Waals surface area (Å²) in [5, 5.41) is 3.48. The Hall–Kier alpha value is -3.67. The molecule has 2 heterocycles. The van der Waals surface area contributed by atoms with Crippen LogP contribution in [0.25, 0.3) is 16.7 Å². The molecule has 0 radical (unpaired) electrons. The van der Waals surface area contributed by atoms with Crippen molar-refractivity contribution in [1.29, 1.82) is 0 Å². The molecule has 0 aliphatic rings. The van der Waals surface area contributed by atoms with Crippen molar-refractivity contribution in [3.8, 4) is 5.69 Å². The summed E-state index contributed by atoms with van der Waals surface area (Å²) in [6.45, 7) is 6.42. The molecule has 0 spiro atoms. The lowest BCUT2D eigenvalue weighted by atomic mass is 10.0. The Morgan fingerprint density at radius 3 is 2.35 bits per heavy atom. The standard InChI is InChI=1S/C25H26N4O2/c1-17(20-10-6-4-7-11-20)14-26-22(30)15-28-16-27-24-23(25(28)31)18(2)19(3)29(24)21-12-8-5-9-13-21/h4-13,16-17H,14-15H2,1-3H3,(H,26,30)/t17-/m0/s1. The van der Waals surface area contributed by atoms with E-state index in [1.165, 1.54) is 10.9 Å². The number of fused-ring (bicyclic) bond motifs is 1. The zero-order valence-corrected chi connectivity index (χ0v) is 18.0. The van der Waals surface area contributed by atoms with Gasteiger partial charge in [-0.05, 0) is 43.0 Å². The molecule has 6 nitrogen and oxygen atoms in total. The summed E-state index contributed by atoms with van der Waals surface area (Å²) in [7, 11) is 0. The van der Waals surface area contributed by atoms with E-state index in [2.05, 4.69) is 17.2 Å². The number of para-hydroxylation sites is 1. The van der Waals surface area contributed by atoms with Gasteiger partial charge in [0.05, 0.1) is 5.39 Å². The fourth-order valence-corrected chi connectivity index (χ4v) is 3.87. The van der Waals surface area contributed by atoms with Gasteiger partial charge in [-0.3, -0.25) is 18.7 Å². The topological polar surface area (TPSA) is 68.9 Å². The van der Waals surface area contributed by atoms with Crippen LogP contribution in [0, 0.1) is 13.8 Å².